The first-order valence-corrected chi connectivity index (χ1v) is 12.4. The number of halogens is 1. The van der Waals surface area contributed by atoms with Crippen LogP contribution < -0.4 is 14.2 Å². The van der Waals surface area contributed by atoms with Gasteiger partial charge in [0.2, 0.25) is 10.3 Å². The average Bonchev–Trinajstić information content (AvgIpc) is 3.09. The van der Waals surface area contributed by atoms with E-state index in [2.05, 4.69) is 30.6 Å². The molecule has 0 fully saturated rings. The fourth-order valence-corrected chi connectivity index (χ4v) is 4.23. The van der Waals surface area contributed by atoms with E-state index in [-0.39, 0.29) is 33.3 Å². The first-order chi connectivity index (χ1) is 13.7. The maximum atomic E-state index is 12.4. The number of rotatable bonds is 8. The van der Waals surface area contributed by atoms with E-state index in [4.69, 9.17) is 8.92 Å². The molecule has 0 radical (unpaired) electrons. The largest absolute Gasteiger partial charge is 0.490 e. The minimum Gasteiger partial charge on any atom is -0.490 e. The second-order valence-corrected chi connectivity index (χ2v) is 9.22. The van der Waals surface area contributed by atoms with Gasteiger partial charge in [-0.3, -0.25) is 10.1 Å². The minimum absolute atomic E-state index is 0.0204. The maximum Gasteiger partial charge on any atom is 0.306 e. The molecule has 2 aromatic rings. The van der Waals surface area contributed by atoms with Crippen molar-refractivity contribution in [3.8, 4) is 17.6 Å². The van der Waals surface area contributed by atoms with Crippen molar-refractivity contribution in [2.75, 3.05) is 24.4 Å². The zero-order valence-electron chi connectivity index (χ0n) is 15.4. The molecule has 0 spiro atoms. The Balaban J connectivity index is 2.36. The van der Waals surface area contributed by atoms with Gasteiger partial charge in [-0.15, -0.1) is 0 Å². The van der Waals surface area contributed by atoms with Gasteiger partial charge in [-0.2, -0.15) is 23.0 Å². The number of nitrogens with zero attached hydrogens (tertiary/aromatic N) is 3. The van der Waals surface area contributed by atoms with Gasteiger partial charge in [0, 0.05) is 11.5 Å². The monoisotopic (exact) mass is 518 g/mol. The van der Waals surface area contributed by atoms with Crippen molar-refractivity contribution < 1.29 is 22.1 Å². The van der Waals surface area contributed by atoms with Crippen molar-refractivity contribution in [3.05, 3.63) is 27.7 Å². The Morgan fingerprint density at radius 3 is 2.76 bits per heavy atom. The number of carbonyl (C=O) groups is 1. The second-order valence-electron chi connectivity index (χ2n) is 5.26. The van der Waals surface area contributed by atoms with E-state index in [1.54, 1.807) is 13.2 Å². The Bertz CT molecular complexity index is 1090. The van der Waals surface area contributed by atoms with Crippen LogP contribution in [0.2, 0.25) is 0 Å². The van der Waals surface area contributed by atoms with Gasteiger partial charge >= 0.3 is 10.1 Å². The zero-order chi connectivity index (χ0) is 21.6. The number of nitrogens with one attached hydrogen (secondary N) is 1. The number of nitriles is 1. The van der Waals surface area contributed by atoms with Crippen LogP contribution in [0.15, 0.2) is 27.3 Å². The minimum atomic E-state index is -3.78. The highest BCUT2D eigenvalue weighted by Gasteiger charge is 2.18. The topological polar surface area (TPSA) is 131 Å². The van der Waals surface area contributed by atoms with Crippen molar-refractivity contribution in [1.82, 2.24) is 9.36 Å². The molecule has 13 heteroatoms. The quantitative estimate of drug-likeness (QED) is 0.242. The predicted molar refractivity (Wildman–Crippen MR) is 115 cm³/mol. The van der Waals surface area contributed by atoms with Crippen molar-refractivity contribution in [3.63, 3.8) is 0 Å². The predicted octanol–water partition coefficient (Wildman–Crippen LogP) is 3.31. The zero-order valence-corrected chi connectivity index (χ0v) is 19.5. The molecule has 1 aromatic heterocycles. The van der Waals surface area contributed by atoms with Gasteiger partial charge in [-0.25, -0.2) is 0 Å². The lowest BCUT2D eigenvalue weighted by Gasteiger charge is -2.13. The molecule has 0 atom stereocenters. The third kappa shape index (κ3) is 6.70. The molecule has 1 amide bonds. The van der Waals surface area contributed by atoms with E-state index in [0.717, 1.165) is 17.8 Å². The molecule has 0 saturated carbocycles. The molecule has 9 nitrogen and oxygen atoms in total. The summed E-state index contributed by atoms with van der Waals surface area (Å²) in [5.41, 5.74) is 0.243. The number of ether oxygens (including phenoxy) is 1. The molecule has 0 aliphatic heterocycles. The van der Waals surface area contributed by atoms with Gasteiger partial charge in [0.1, 0.15) is 11.6 Å². The van der Waals surface area contributed by atoms with E-state index < -0.39 is 16.0 Å². The molecular weight excluding hydrogens is 504 g/mol. The van der Waals surface area contributed by atoms with Crippen LogP contribution in [0.5, 0.6) is 11.5 Å². The molecule has 0 saturated heterocycles. The smallest absolute Gasteiger partial charge is 0.306 e. The van der Waals surface area contributed by atoms with Crippen molar-refractivity contribution in [2.24, 2.45) is 0 Å². The number of aromatic nitrogens is 2. The first kappa shape index (κ1) is 23.1. The second kappa shape index (κ2) is 10.1. The lowest BCUT2D eigenvalue weighted by Crippen LogP contribution is -2.13. The fourth-order valence-electron chi connectivity index (χ4n) is 1.99. The van der Waals surface area contributed by atoms with Gasteiger partial charge in [0.15, 0.2) is 11.5 Å². The Kier molecular flexibility index (Phi) is 8.03. The summed E-state index contributed by atoms with van der Waals surface area (Å²) < 4.78 is 37.7. The van der Waals surface area contributed by atoms with E-state index in [1.807, 2.05) is 6.07 Å². The van der Waals surface area contributed by atoms with Crippen molar-refractivity contribution in [1.29, 1.82) is 5.26 Å². The lowest BCUT2D eigenvalue weighted by molar-refractivity contribution is -0.112. The SMILES string of the molecule is CCOc1cc(C=C(C#N)C(=O)Nc2nc(SC)ns2)cc(Br)c1OS(C)(=O)=O. The molecule has 1 aromatic carbocycles. The van der Waals surface area contributed by atoms with Crippen LogP contribution in [0.1, 0.15) is 12.5 Å². The van der Waals surface area contributed by atoms with E-state index in [0.29, 0.717) is 10.7 Å². The van der Waals surface area contributed by atoms with Gasteiger partial charge < -0.3 is 8.92 Å². The highest BCUT2D eigenvalue weighted by molar-refractivity contribution is 9.10. The van der Waals surface area contributed by atoms with Crippen LogP contribution in [0.25, 0.3) is 6.08 Å². The molecule has 0 aliphatic carbocycles. The van der Waals surface area contributed by atoms with Gasteiger partial charge in [-0.1, -0.05) is 11.8 Å². The molecule has 0 aliphatic rings. The van der Waals surface area contributed by atoms with Gasteiger partial charge in [-0.05, 0) is 52.9 Å². The molecule has 29 heavy (non-hydrogen) atoms. The van der Waals surface area contributed by atoms with Crippen LogP contribution in [-0.2, 0) is 14.9 Å². The van der Waals surface area contributed by atoms with E-state index in [9.17, 15) is 18.5 Å². The van der Waals surface area contributed by atoms with Crippen LogP contribution >= 0.6 is 39.2 Å². The van der Waals surface area contributed by atoms with Crippen LogP contribution in [-0.4, -0.2) is 42.8 Å². The molecule has 1 heterocycles. The molecule has 2 rings (SSSR count). The molecule has 154 valence electrons. The number of thioether (sulfide) groups is 1. The summed E-state index contributed by atoms with van der Waals surface area (Å²) in [6, 6.07) is 4.80. The number of hydrogen-bond acceptors (Lipinski definition) is 10. The van der Waals surface area contributed by atoms with Crippen molar-refractivity contribution in [2.45, 2.75) is 12.1 Å². The standard InChI is InChI=1S/C16H15BrN4O5S3/c1-4-25-12-7-9(6-11(17)13(12)26-29(3,23)24)5-10(8-18)14(22)19-15-20-16(27-2)21-28-15/h5-7H,4H2,1-3H3,(H,19,20,21,22). The maximum absolute atomic E-state index is 12.4. The summed E-state index contributed by atoms with van der Waals surface area (Å²) >= 11 is 5.57. The highest BCUT2D eigenvalue weighted by atomic mass is 79.9. The Hall–Kier alpha value is -2.14. The van der Waals surface area contributed by atoms with Crippen molar-refractivity contribution >= 4 is 66.5 Å². The lowest BCUT2D eigenvalue weighted by atomic mass is 10.1. The van der Waals surface area contributed by atoms with Gasteiger partial charge in [0.05, 0.1) is 17.3 Å². The molecule has 0 unspecified atom stereocenters. The number of hydrogen-bond donors (Lipinski definition) is 1. The van der Waals surface area contributed by atoms with E-state index in [1.165, 1.54) is 30.0 Å². The Morgan fingerprint density at radius 2 is 2.21 bits per heavy atom. The number of benzene rings is 1. The summed E-state index contributed by atoms with van der Waals surface area (Å²) in [5, 5.41) is 12.7. The molecule has 0 bridgehead atoms. The summed E-state index contributed by atoms with van der Waals surface area (Å²) in [5.74, 6) is -0.528. The summed E-state index contributed by atoms with van der Waals surface area (Å²) in [7, 11) is -3.78. The van der Waals surface area contributed by atoms with Crippen LogP contribution in [0.4, 0.5) is 5.13 Å². The van der Waals surface area contributed by atoms with Crippen LogP contribution in [0, 0.1) is 11.3 Å². The average molecular weight is 519 g/mol. The first-order valence-electron chi connectivity index (χ1n) is 7.83. The molecule has 1 N–H and O–H groups in total. The third-order valence-corrected chi connectivity index (χ3v) is 5.41. The number of amides is 1. The number of carbonyl (C=O) groups excluding carboxylic acids is 1. The third-order valence-electron chi connectivity index (χ3n) is 3.05. The fraction of sp³-hybridized carbons (Fsp3) is 0.250. The normalized spacial score (nSPS) is 11.6. The van der Waals surface area contributed by atoms with E-state index >= 15 is 0 Å². The summed E-state index contributed by atoms with van der Waals surface area (Å²) in [6.07, 6.45) is 4.06. The number of anilines is 1. The van der Waals surface area contributed by atoms with Crippen LogP contribution in [0.3, 0.4) is 0 Å². The summed E-state index contributed by atoms with van der Waals surface area (Å²) in [4.78, 5) is 16.5. The Morgan fingerprint density at radius 1 is 1.48 bits per heavy atom. The Labute approximate surface area is 184 Å². The molecular formula is C16H15BrN4O5S3. The summed E-state index contributed by atoms with van der Waals surface area (Å²) in [6.45, 7) is 1.97. The van der Waals surface area contributed by atoms with Gasteiger partial charge in [0.25, 0.3) is 5.91 Å². The highest BCUT2D eigenvalue weighted by Crippen LogP contribution is 2.38.